The first-order chi connectivity index (χ1) is 14.1. The minimum atomic E-state index is -1.50. The molecule has 1 heterocycles. The topological polar surface area (TPSA) is 65.0 Å². The Kier molecular flexibility index (Phi) is 4.61. The van der Waals surface area contributed by atoms with Gasteiger partial charge in [0, 0.05) is 23.5 Å². The van der Waals surface area contributed by atoms with Gasteiger partial charge in [-0.1, -0.05) is 54.6 Å². The minimum Gasteiger partial charge on any atom is -0.468 e. The van der Waals surface area contributed by atoms with E-state index < -0.39 is 28.7 Å². The van der Waals surface area contributed by atoms with Gasteiger partial charge in [-0.3, -0.25) is 14.6 Å². The largest absolute Gasteiger partial charge is 0.468 e. The normalized spacial score (nSPS) is 26.1. The predicted molar refractivity (Wildman–Crippen MR) is 110 cm³/mol. The molecular weight excluding hydrogens is 366 g/mol. The first-order valence-corrected chi connectivity index (χ1v) is 9.55. The van der Waals surface area contributed by atoms with Crippen LogP contribution >= 0.6 is 0 Å². The van der Waals surface area contributed by atoms with Gasteiger partial charge in [0.2, 0.25) is 0 Å². The quantitative estimate of drug-likeness (QED) is 0.451. The number of hydrogen-bond donors (Lipinski definition) is 0. The minimum absolute atomic E-state index is 0.183. The Morgan fingerprint density at radius 2 is 1.66 bits per heavy atom. The van der Waals surface area contributed by atoms with E-state index in [1.54, 1.807) is 6.08 Å². The summed E-state index contributed by atoms with van der Waals surface area (Å²) in [5.74, 6) is -1.97. The number of carbonyl (C=O) groups is 2. The Bertz CT molecular complexity index is 981. The SMILES string of the molecule is C=CC1C(C(=O)OC)(C(=O)OC)C[C@H](c2ccccc2)[C@@]12C=Nc1ccccc12. The molecule has 2 aromatic rings. The van der Waals surface area contributed by atoms with Crippen molar-refractivity contribution in [1.82, 2.24) is 0 Å². The number of fused-ring (bicyclic) bond motifs is 2. The van der Waals surface area contributed by atoms with E-state index in [4.69, 9.17) is 9.47 Å². The van der Waals surface area contributed by atoms with Gasteiger partial charge in [-0.2, -0.15) is 0 Å². The Balaban J connectivity index is 2.04. The van der Waals surface area contributed by atoms with Crippen LogP contribution in [0.5, 0.6) is 0 Å². The number of methoxy groups -OCH3 is 2. The van der Waals surface area contributed by atoms with Crippen molar-refractivity contribution < 1.29 is 19.1 Å². The van der Waals surface area contributed by atoms with E-state index >= 15 is 0 Å². The number of para-hydroxylation sites is 1. The van der Waals surface area contributed by atoms with Gasteiger partial charge < -0.3 is 9.47 Å². The smallest absolute Gasteiger partial charge is 0.323 e. The second kappa shape index (κ2) is 6.99. The van der Waals surface area contributed by atoms with Crippen molar-refractivity contribution in [2.75, 3.05) is 14.2 Å². The maximum atomic E-state index is 13.1. The summed E-state index contributed by atoms with van der Waals surface area (Å²) in [7, 11) is 2.60. The van der Waals surface area contributed by atoms with Gasteiger partial charge in [-0.05, 0) is 23.6 Å². The number of rotatable bonds is 4. The lowest BCUT2D eigenvalue weighted by molar-refractivity contribution is -0.171. The zero-order valence-electron chi connectivity index (χ0n) is 16.5. The molecule has 0 N–H and O–H groups in total. The summed E-state index contributed by atoms with van der Waals surface area (Å²) in [5, 5.41) is 0. The summed E-state index contributed by atoms with van der Waals surface area (Å²) in [5.41, 5.74) is 0.633. The van der Waals surface area contributed by atoms with Crippen molar-refractivity contribution >= 4 is 23.8 Å². The molecule has 1 aliphatic carbocycles. The molecule has 2 aliphatic rings. The van der Waals surface area contributed by atoms with Crippen LogP contribution in [-0.2, 0) is 24.5 Å². The molecule has 0 radical (unpaired) electrons. The molecule has 1 aliphatic heterocycles. The molecule has 4 rings (SSSR count). The number of hydrogen-bond acceptors (Lipinski definition) is 5. The molecule has 1 unspecified atom stereocenters. The number of esters is 2. The average molecular weight is 389 g/mol. The lowest BCUT2D eigenvalue weighted by atomic mass is 9.63. The highest BCUT2D eigenvalue weighted by atomic mass is 16.5. The van der Waals surface area contributed by atoms with E-state index in [-0.39, 0.29) is 12.3 Å². The summed E-state index contributed by atoms with van der Waals surface area (Å²) in [6, 6.07) is 17.7. The Morgan fingerprint density at radius 1 is 1.03 bits per heavy atom. The van der Waals surface area contributed by atoms with E-state index in [2.05, 4.69) is 11.6 Å². The van der Waals surface area contributed by atoms with Crippen LogP contribution in [-0.4, -0.2) is 32.4 Å². The fraction of sp³-hybridized carbons (Fsp3) is 0.292. The van der Waals surface area contributed by atoms with E-state index in [1.165, 1.54) is 14.2 Å². The van der Waals surface area contributed by atoms with Gasteiger partial charge in [-0.25, -0.2) is 0 Å². The van der Waals surface area contributed by atoms with Crippen molar-refractivity contribution in [2.24, 2.45) is 16.3 Å². The first kappa shape index (κ1) is 19.1. The highest BCUT2D eigenvalue weighted by Crippen LogP contribution is 2.65. The molecule has 5 heteroatoms. The Hall–Kier alpha value is -3.21. The van der Waals surface area contributed by atoms with Crippen LogP contribution in [0.3, 0.4) is 0 Å². The van der Waals surface area contributed by atoms with Crippen LogP contribution in [0.15, 0.2) is 72.2 Å². The molecule has 0 amide bonds. The number of nitrogens with zero attached hydrogens (tertiary/aromatic N) is 1. The highest BCUT2D eigenvalue weighted by molar-refractivity contribution is 6.04. The van der Waals surface area contributed by atoms with Crippen LogP contribution in [0.4, 0.5) is 5.69 Å². The van der Waals surface area contributed by atoms with E-state index in [0.29, 0.717) is 0 Å². The van der Waals surface area contributed by atoms with Crippen LogP contribution in [0.1, 0.15) is 23.5 Å². The summed E-state index contributed by atoms with van der Waals surface area (Å²) in [6.45, 7) is 4.01. The van der Waals surface area contributed by atoms with Gasteiger partial charge >= 0.3 is 11.9 Å². The third-order valence-electron chi connectivity index (χ3n) is 6.47. The van der Waals surface area contributed by atoms with Gasteiger partial charge in [0.25, 0.3) is 0 Å². The monoisotopic (exact) mass is 389 g/mol. The predicted octanol–water partition coefficient (Wildman–Crippen LogP) is 3.96. The lowest BCUT2D eigenvalue weighted by Gasteiger charge is -2.37. The molecule has 1 saturated carbocycles. The molecule has 2 aromatic carbocycles. The summed E-state index contributed by atoms with van der Waals surface area (Å²) >= 11 is 0. The number of benzene rings is 2. The van der Waals surface area contributed by atoms with Gasteiger partial charge in [0.05, 0.1) is 19.9 Å². The van der Waals surface area contributed by atoms with Crippen LogP contribution in [0.25, 0.3) is 0 Å². The maximum Gasteiger partial charge on any atom is 0.323 e. The number of aliphatic imine (C=N–C) groups is 1. The zero-order chi connectivity index (χ0) is 20.6. The molecule has 148 valence electrons. The molecule has 3 atom stereocenters. The van der Waals surface area contributed by atoms with Crippen molar-refractivity contribution in [2.45, 2.75) is 17.8 Å². The standard InChI is InChI=1S/C24H23NO4/c1-4-20-23(21(26)28-2,22(27)29-3)14-18(16-10-6-5-7-11-16)24(20)15-25-19-13-9-8-12-17(19)24/h4-13,15,18,20H,1,14H2,2-3H3/t18-,20?,24+/m1/s1. The molecule has 1 spiro atoms. The third kappa shape index (κ3) is 2.43. The van der Waals surface area contributed by atoms with E-state index in [0.717, 1.165) is 16.8 Å². The van der Waals surface area contributed by atoms with Gasteiger partial charge in [0.15, 0.2) is 5.41 Å². The summed E-state index contributed by atoms with van der Waals surface area (Å²) in [6.07, 6.45) is 3.81. The van der Waals surface area contributed by atoms with Gasteiger partial charge in [-0.15, -0.1) is 6.58 Å². The average Bonchev–Trinajstić information content (AvgIpc) is 3.30. The number of allylic oxidation sites excluding steroid dienone is 1. The van der Waals surface area contributed by atoms with Crippen molar-refractivity contribution in [3.63, 3.8) is 0 Å². The molecular formula is C24H23NO4. The summed E-state index contributed by atoms with van der Waals surface area (Å²) < 4.78 is 10.3. The molecule has 0 aromatic heterocycles. The second-order valence-electron chi connectivity index (χ2n) is 7.54. The van der Waals surface area contributed by atoms with Crippen molar-refractivity contribution in [1.29, 1.82) is 0 Å². The lowest BCUT2D eigenvalue weighted by Crippen LogP contribution is -2.48. The fourth-order valence-electron chi connectivity index (χ4n) is 5.31. The first-order valence-electron chi connectivity index (χ1n) is 9.55. The summed E-state index contributed by atoms with van der Waals surface area (Å²) in [4.78, 5) is 30.9. The second-order valence-corrected chi connectivity index (χ2v) is 7.54. The fourth-order valence-corrected chi connectivity index (χ4v) is 5.31. The third-order valence-corrected chi connectivity index (χ3v) is 6.47. The highest BCUT2D eigenvalue weighted by Gasteiger charge is 2.70. The van der Waals surface area contributed by atoms with Crippen molar-refractivity contribution in [3.8, 4) is 0 Å². The van der Waals surface area contributed by atoms with E-state index in [9.17, 15) is 9.59 Å². The molecule has 0 bridgehead atoms. The molecule has 0 saturated heterocycles. The molecule has 5 nitrogen and oxygen atoms in total. The van der Waals surface area contributed by atoms with Crippen molar-refractivity contribution in [3.05, 3.63) is 78.4 Å². The zero-order valence-corrected chi connectivity index (χ0v) is 16.5. The maximum absolute atomic E-state index is 13.1. The molecule has 29 heavy (non-hydrogen) atoms. The molecule has 1 fully saturated rings. The van der Waals surface area contributed by atoms with Crippen LogP contribution < -0.4 is 0 Å². The number of carbonyl (C=O) groups excluding carboxylic acids is 2. The van der Waals surface area contributed by atoms with Crippen LogP contribution in [0, 0.1) is 11.3 Å². The Morgan fingerprint density at radius 3 is 2.28 bits per heavy atom. The van der Waals surface area contributed by atoms with Gasteiger partial charge in [0.1, 0.15) is 0 Å². The Labute approximate surface area is 170 Å². The van der Waals surface area contributed by atoms with E-state index in [1.807, 2.05) is 60.8 Å². The number of ether oxygens (including phenoxy) is 2. The van der Waals surface area contributed by atoms with Crippen LogP contribution in [0.2, 0.25) is 0 Å².